The predicted octanol–water partition coefficient (Wildman–Crippen LogP) is 3.25. The Morgan fingerprint density at radius 3 is 2.67 bits per heavy atom. The minimum atomic E-state index is -1.03. The van der Waals surface area contributed by atoms with Crippen molar-refractivity contribution in [3.63, 3.8) is 0 Å². The van der Waals surface area contributed by atoms with Crippen molar-refractivity contribution in [1.82, 2.24) is 4.90 Å². The van der Waals surface area contributed by atoms with Crippen molar-refractivity contribution in [2.24, 2.45) is 0 Å². The molecule has 0 aromatic heterocycles. The molecule has 3 nitrogen and oxygen atoms in total. The van der Waals surface area contributed by atoms with Gasteiger partial charge < -0.3 is 5.11 Å². The number of nitrogens with zero attached hydrogens (tertiary/aromatic N) is 1. The Morgan fingerprint density at radius 2 is 2.10 bits per heavy atom. The van der Waals surface area contributed by atoms with Gasteiger partial charge in [-0.3, -0.25) is 4.90 Å². The molecule has 2 rings (SSSR count). The molecule has 21 heavy (non-hydrogen) atoms. The van der Waals surface area contributed by atoms with E-state index < -0.39 is 5.97 Å². The fourth-order valence-corrected chi connectivity index (χ4v) is 4.00. The monoisotopic (exact) mass is 309 g/mol. The van der Waals surface area contributed by atoms with Gasteiger partial charge in [0.15, 0.2) is 0 Å². The van der Waals surface area contributed by atoms with E-state index in [2.05, 4.69) is 18.7 Å². The number of carboxylic acids is 1. The second-order valence-corrected chi connectivity index (χ2v) is 7.36. The van der Waals surface area contributed by atoms with Gasteiger partial charge in [0.05, 0.1) is 0 Å². The van der Waals surface area contributed by atoms with E-state index >= 15 is 0 Å². The lowest BCUT2D eigenvalue weighted by atomic mass is 10.1. The second-order valence-electron chi connectivity index (χ2n) is 5.47. The van der Waals surface area contributed by atoms with Gasteiger partial charge >= 0.3 is 5.97 Å². The van der Waals surface area contributed by atoms with Crippen LogP contribution in [0, 0.1) is 5.82 Å². The van der Waals surface area contributed by atoms with Crippen LogP contribution in [-0.4, -0.2) is 39.6 Å². The van der Waals surface area contributed by atoms with Crippen LogP contribution in [0.3, 0.4) is 0 Å². The average molecular weight is 309 g/mol. The van der Waals surface area contributed by atoms with Gasteiger partial charge in [0, 0.05) is 41.8 Å². The highest BCUT2D eigenvalue weighted by Crippen LogP contribution is 2.26. The van der Waals surface area contributed by atoms with Gasteiger partial charge in [-0.2, -0.15) is 11.8 Å². The molecule has 2 unspecified atom stereocenters. The molecule has 5 heteroatoms. The highest BCUT2D eigenvalue weighted by Gasteiger charge is 2.22. The van der Waals surface area contributed by atoms with Crippen LogP contribution in [0.2, 0.25) is 0 Å². The molecule has 0 bridgehead atoms. The fourth-order valence-electron chi connectivity index (χ4n) is 2.62. The summed E-state index contributed by atoms with van der Waals surface area (Å²) in [6.45, 7) is 6.93. The van der Waals surface area contributed by atoms with Crippen LogP contribution in [-0.2, 0) is 11.3 Å². The van der Waals surface area contributed by atoms with E-state index in [0.717, 1.165) is 19.2 Å². The molecule has 0 amide bonds. The fraction of sp³-hybridized carbons (Fsp3) is 0.438. The number of carbonyl (C=O) groups is 1. The molecule has 0 radical (unpaired) electrons. The lowest BCUT2D eigenvalue weighted by Crippen LogP contribution is -2.39. The first-order chi connectivity index (χ1) is 9.94. The Bertz CT molecular complexity index is 537. The predicted molar refractivity (Wildman–Crippen MR) is 84.9 cm³/mol. The van der Waals surface area contributed by atoms with Crippen molar-refractivity contribution < 1.29 is 14.3 Å². The Balaban J connectivity index is 2.05. The van der Waals surface area contributed by atoms with Crippen LogP contribution in [0.1, 0.15) is 25.0 Å². The number of hydrogen-bond acceptors (Lipinski definition) is 3. The van der Waals surface area contributed by atoms with Crippen molar-refractivity contribution >= 4 is 23.8 Å². The summed E-state index contributed by atoms with van der Waals surface area (Å²) in [5, 5.41) is 9.70. The van der Waals surface area contributed by atoms with E-state index in [1.807, 2.05) is 11.8 Å². The number of carboxylic acid groups (broad SMARTS) is 1. The normalized spacial score (nSPS) is 23.6. The third-order valence-electron chi connectivity index (χ3n) is 3.38. The number of halogens is 1. The summed E-state index contributed by atoms with van der Waals surface area (Å²) in [6, 6.07) is 4.89. The van der Waals surface area contributed by atoms with Gasteiger partial charge in [0.1, 0.15) is 5.82 Å². The van der Waals surface area contributed by atoms with Crippen molar-refractivity contribution in [3.8, 4) is 0 Å². The molecule has 0 aliphatic carbocycles. The van der Waals surface area contributed by atoms with Gasteiger partial charge in [-0.1, -0.05) is 26.0 Å². The van der Waals surface area contributed by atoms with Gasteiger partial charge in [-0.05, 0) is 17.7 Å². The van der Waals surface area contributed by atoms with Crippen LogP contribution < -0.4 is 0 Å². The van der Waals surface area contributed by atoms with Crippen molar-refractivity contribution in [2.75, 3.05) is 13.1 Å². The molecule has 1 N–H and O–H groups in total. The zero-order chi connectivity index (χ0) is 15.4. The third-order valence-corrected chi connectivity index (χ3v) is 4.61. The zero-order valence-electron chi connectivity index (χ0n) is 12.3. The molecule has 1 heterocycles. The molecule has 0 saturated carbocycles. The molecule has 1 fully saturated rings. The Hall–Kier alpha value is -1.33. The lowest BCUT2D eigenvalue weighted by molar-refractivity contribution is -0.131. The minimum Gasteiger partial charge on any atom is -0.478 e. The van der Waals surface area contributed by atoms with Crippen molar-refractivity contribution in [1.29, 1.82) is 0 Å². The first-order valence-corrected chi connectivity index (χ1v) is 7.95. The highest BCUT2D eigenvalue weighted by molar-refractivity contribution is 8.00. The largest absolute Gasteiger partial charge is 0.478 e. The standard InChI is InChI=1S/C16H20FNO2S/c1-11-8-18(9-12(2)21-11)10-14-5-3-13(7-15(14)17)4-6-16(19)20/h3-7,11-12H,8-10H2,1-2H3,(H,19,20). The minimum absolute atomic E-state index is 0.277. The number of aliphatic carboxylic acids is 1. The van der Waals surface area contributed by atoms with Gasteiger partial charge in [0.2, 0.25) is 0 Å². The SMILES string of the molecule is CC1CN(Cc2ccc(C=CC(=O)O)cc2F)CC(C)S1. The van der Waals surface area contributed by atoms with Crippen LogP contribution >= 0.6 is 11.8 Å². The summed E-state index contributed by atoms with van der Waals surface area (Å²) in [6.07, 6.45) is 2.41. The molecular weight excluding hydrogens is 289 g/mol. The van der Waals surface area contributed by atoms with Crippen LogP contribution in [0.25, 0.3) is 6.08 Å². The smallest absolute Gasteiger partial charge is 0.328 e. The summed E-state index contributed by atoms with van der Waals surface area (Å²) in [5.41, 5.74) is 1.23. The van der Waals surface area contributed by atoms with Crippen LogP contribution in [0.4, 0.5) is 4.39 Å². The summed E-state index contributed by atoms with van der Waals surface area (Å²) in [4.78, 5) is 12.7. The number of benzene rings is 1. The first-order valence-electron chi connectivity index (χ1n) is 7.01. The molecule has 1 aromatic carbocycles. The van der Waals surface area contributed by atoms with Gasteiger partial charge in [-0.15, -0.1) is 0 Å². The first kappa shape index (κ1) is 16.0. The summed E-state index contributed by atoms with van der Waals surface area (Å²) in [7, 11) is 0. The maximum atomic E-state index is 14.1. The quantitative estimate of drug-likeness (QED) is 0.867. The molecule has 1 aromatic rings. The second kappa shape index (κ2) is 7.09. The highest BCUT2D eigenvalue weighted by atomic mass is 32.2. The molecule has 1 aliphatic heterocycles. The Kier molecular flexibility index (Phi) is 5.42. The number of thioether (sulfide) groups is 1. The number of rotatable bonds is 4. The zero-order valence-corrected chi connectivity index (χ0v) is 13.1. The van der Waals surface area contributed by atoms with E-state index in [-0.39, 0.29) is 5.82 Å². The maximum Gasteiger partial charge on any atom is 0.328 e. The maximum absolute atomic E-state index is 14.1. The topological polar surface area (TPSA) is 40.5 Å². The molecule has 0 spiro atoms. The van der Waals surface area contributed by atoms with E-state index in [9.17, 15) is 9.18 Å². The molecule has 1 saturated heterocycles. The lowest BCUT2D eigenvalue weighted by Gasteiger charge is -2.34. The van der Waals surface area contributed by atoms with Crippen molar-refractivity contribution in [2.45, 2.75) is 30.9 Å². The third kappa shape index (κ3) is 4.86. The summed E-state index contributed by atoms with van der Waals surface area (Å²) < 4.78 is 14.1. The summed E-state index contributed by atoms with van der Waals surface area (Å²) >= 11 is 1.97. The van der Waals surface area contributed by atoms with E-state index in [1.165, 1.54) is 12.1 Å². The van der Waals surface area contributed by atoms with Gasteiger partial charge in [0.25, 0.3) is 0 Å². The van der Waals surface area contributed by atoms with E-state index in [4.69, 9.17) is 5.11 Å². The average Bonchev–Trinajstić information content (AvgIpc) is 2.38. The summed E-state index contributed by atoms with van der Waals surface area (Å²) in [5.74, 6) is -1.31. The van der Waals surface area contributed by atoms with E-state index in [0.29, 0.717) is 28.2 Å². The molecule has 2 atom stereocenters. The number of hydrogen-bond donors (Lipinski definition) is 1. The molecular formula is C16H20FNO2S. The Labute approximate surface area is 128 Å². The van der Waals surface area contributed by atoms with Crippen LogP contribution in [0.5, 0.6) is 0 Å². The molecule has 1 aliphatic rings. The van der Waals surface area contributed by atoms with Crippen molar-refractivity contribution in [3.05, 3.63) is 41.2 Å². The van der Waals surface area contributed by atoms with E-state index in [1.54, 1.807) is 12.1 Å². The van der Waals surface area contributed by atoms with Crippen LogP contribution in [0.15, 0.2) is 24.3 Å². The Morgan fingerprint density at radius 1 is 1.43 bits per heavy atom. The van der Waals surface area contributed by atoms with Gasteiger partial charge in [-0.25, -0.2) is 9.18 Å². The molecule has 114 valence electrons.